The van der Waals surface area contributed by atoms with Gasteiger partial charge in [-0.3, -0.25) is 0 Å². The van der Waals surface area contributed by atoms with Gasteiger partial charge in [0.2, 0.25) is 0 Å². The molecule has 90 valence electrons. The molecule has 1 N–H and O–H groups in total. The summed E-state index contributed by atoms with van der Waals surface area (Å²) in [5, 5.41) is 6.73. The molecule has 2 aromatic heterocycles. The monoisotopic (exact) mass is 254 g/mol. The van der Waals surface area contributed by atoms with Crippen LogP contribution in [0.15, 0.2) is 48.0 Å². The van der Waals surface area contributed by atoms with E-state index in [9.17, 15) is 0 Å². The van der Waals surface area contributed by atoms with E-state index < -0.39 is 0 Å². The molecule has 0 aliphatic heterocycles. The number of hydrogen-bond donors (Lipinski definition) is 1. The van der Waals surface area contributed by atoms with Crippen molar-refractivity contribution < 1.29 is 0 Å². The molecule has 3 rings (SSSR count). The first-order chi connectivity index (χ1) is 8.84. The second kappa shape index (κ2) is 4.78. The first-order valence-electron chi connectivity index (χ1n) is 5.95. The van der Waals surface area contributed by atoms with Crippen LogP contribution >= 0.6 is 11.3 Å². The number of aromatic nitrogens is 1. The maximum absolute atomic E-state index is 4.42. The van der Waals surface area contributed by atoms with Crippen molar-refractivity contribution in [1.82, 2.24) is 4.98 Å². The van der Waals surface area contributed by atoms with E-state index in [4.69, 9.17) is 0 Å². The minimum absolute atomic E-state index is 0.814. The molecule has 0 aliphatic rings. The minimum Gasteiger partial charge on any atom is -0.365 e. The molecule has 2 heterocycles. The summed E-state index contributed by atoms with van der Waals surface area (Å²) in [7, 11) is 0. The van der Waals surface area contributed by atoms with Gasteiger partial charge in [-0.2, -0.15) is 0 Å². The Kier molecular flexibility index (Phi) is 2.99. The van der Waals surface area contributed by atoms with Gasteiger partial charge in [0.05, 0.1) is 0 Å². The van der Waals surface area contributed by atoms with E-state index in [1.807, 2.05) is 6.20 Å². The van der Waals surface area contributed by atoms with Crippen LogP contribution in [0.5, 0.6) is 0 Å². The van der Waals surface area contributed by atoms with Crippen LogP contribution in [0.2, 0.25) is 0 Å². The lowest BCUT2D eigenvalue weighted by molar-refractivity contribution is 1.10. The quantitative estimate of drug-likeness (QED) is 0.757. The summed E-state index contributed by atoms with van der Waals surface area (Å²) in [4.78, 5) is 4.42. The Labute approximate surface area is 110 Å². The highest BCUT2D eigenvalue weighted by molar-refractivity contribution is 7.17. The first-order valence-corrected chi connectivity index (χ1v) is 6.83. The van der Waals surface area contributed by atoms with Gasteiger partial charge >= 0.3 is 0 Å². The number of nitrogens with one attached hydrogen (secondary N) is 1. The van der Waals surface area contributed by atoms with Crippen molar-refractivity contribution in [3.8, 4) is 0 Å². The molecule has 2 nitrogen and oxygen atoms in total. The standard InChI is InChI=1S/C15H14N2S/c1-11-4-2-3-5-12(11)10-17-15-13-7-9-18-14(13)6-8-16-15/h2-9H,10H2,1H3,(H,16,17). The Hall–Kier alpha value is -1.87. The van der Waals surface area contributed by atoms with Gasteiger partial charge in [-0.15, -0.1) is 11.3 Å². The van der Waals surface area contributed by atoms with Gasteiger partial charge in [-0.1, -0.05) is 24.3 Å². The summed E-state index contributed by atoms with van der Waals surface area (Å²) in [6.45, 7) is 2.95. The number of rotatable bonds is 3. The zero-order valence-electron chi connectivity index (χ0n) is 10.2. The average Bonchev–Trinajstić information content (AvgIpc) is 2.86. The molecule has 3 heteroatoms. The van der Waals surface area contributed by atoms with E-state index in [0.29, 0.717) is 0 Å². The van der Waals surface area contributed by atoms with Gasteiger partial charge in [0.15, 0.2) is 0 Å². The molecule has 3 aromatic rings. The molecule has 0 spiro atoms. The van der Waals surface area contributed by atoms with Crippen molar-refractivity contribution in [1.29, 1.82) is 0 Å². The summed E-state index contributed by atoms with van der Waals surface area (Å²) in [5.74, 6) is 0.969. The van der Waals surface area contributed by atoms with Gasteiger partial charge < -0.3 is 5.32 Å². The molecule has 0 radical (unpaired) electrons. The maximum Gasteiger partial charge on any atom is 0.134 e. The normalized spacial score (nSPS) is 10.7. The van der Waals surface area contributed by atoms with Gasteiger partial charge in [0, 0.05) is 22.8 Å². The molecule has 0 fully saturated rings. The Bertz CT molecular complexity index is 673. The Balaban J connectivity index is 1.85. The molecule has 0 bridgehead atoms. The number of nitrogens with zero attached hydrogens (tertiary/aromatic N) is 1. The van der Waals surface area contributed by atoms with Crippen LogP contribution in [-0.4, -0.2) is 4.98 Å². The largest absolute Gasteiger partial charge is 0.365 e. The fourth-order valence-electron chi connectivity index (χ4n) is 2.02. The van der Waals surface area contributed by atoms with Crippen molar-refractivity contribution in [2.45, 2.75) is 13.5 Å². The Morgan fingerprint density at radius 2 is 2.06 bits per heavy atom. The number of hydrogen-bond acceptors (Lipinski definition) is 3. The van der Waals surface area contributed by atoms with E-state index in [2.05, 4.69) is 59.0 Å². The van der Waals surface area contributed by atoms with Crippen LogP contribution < -0.4 is 5.32 Å². The molecule has 18 heavy (non-hydrogen) atoms. The molecule has 0 atom stereocenters. The van der Waals surface area contributed by atoms with Crippen LogP contribution in [0.25, 0.3) is 10.1 Å². The average molecular weight is 254 g/mol. The molecule has 0 aliphatic carbocycles. The SMILES string of the molecule is Cc1ccccc1CNc1nccc2sccc12. The lowest BCUT2D eigenvalue weighted by Crippen LogP contribution is -2.02. The van der Waals surface area contributed by atoms with Crippen LogP contribution in [0, 0.1) is 6.92 Å². The topological polar surface area (TPSA) is 24.9 Å². The highest BCUT2D eigenvalue weighted by atomic mass is 32.1. The number of fused-ring (bicyclic) bond motifs is 1. The first kappa shape index (κ1) is 11.2. The second-order valence-electron chi connectivity index (χ2n) is 4.27. The lowest BCUT2D eigenvalue weighted by Gasteiger charge is -2.08. The zero-order valence-corrected chi connectivity index (χ0v) is 11.0. The highest BCUT2D eigenvalue weighted by Crippen LogP contribution is 2.26. The summed E-state index contributed by atoms with van der Waals surface area (Å²) in [5.41, 5.74) is 2.62. The number of anilines is 1. The molecular weight excluding hydrogens is 240 g/mol. The Morgan fingerprint density at radius 3 is 2.94 bits per heavy atom. The maximum atomic E-state index is 4.42. The van der Waals surface area contributed by atoms with E-state index >= 15 is 0 Å². The number of aryl methyl sites for hydroxylation is 1. The third-order valence-electron chi connectivity index (χ3n) is 3.09. The van der Waals surface area contributed by atoms with E-state index in [0.717, 1.165) is 12.4 Å². The third-order valence-corrected chi connectivity index (χ3v) is 3.97. The van der Waals surface area contributed by atoms with Gasteiger partial charge in [0.1, 0.15) is 5.82 Å². The fourth-order valence-corrected chi connectivity index (χ4v) is 2.80. The van der Waals surface area contributed by atoms with Gasteiger partial charge in [-0.25, -0.2) is 4.98 Å². The Morgan fingerprint density at radius 1 is 1.17 bits per heavy atom. The molecule has 0 amide bonds. The fraction of sp³-hybridized carbons (Fsp3) is 0.133. The van der Waals surface area contributed by atoms with Crippen molar-refractivity contribution >= 4 is 27.2 Å². The van der Waals surface area contributed by atoms with Crippen LogP contribution in [0.3, 0.4) is 0 Å². The summed E-state index contributed by atoms with van der Waals surface area (Å²) < 4.78 is 1.28. The van der Waals surface area contributed by atoms with Gasteiger partial charge in [0.25, 0.3) is 0 Å². The number of benzene rings is 1. The van der Waals surface area contributed by atoms with E-state index in [1.54, 1.807) is 11.3 Å². The van der Waals surface area contributed by atoms with E-state index in [1.165, 1.54) is 21.2 Å². The predicted molar refractivity (Wildman–Crippen MR) is 78.1 cm³/mol. The number of pyridine rings is 1. The molecular formula is C15H14N2S. The lowest BCUT2D eigenvalue weighted by atomic mass is 10.1. The van der Waals surface area contributed by atoms with Crippen LogP contribution in [0.4, 0.5) is 5.82 Å². The summed E-state index contributed by atoms with van der Waals surface area (Å²) in [6, 6.07) is 12.6. The van der Waals surface area contributed by atoms with Crippen LogP contribution in [0.1, 0.15) is 11.1 Å². The van der Waals surface area contributed by atoms with Crippen molar-refractivity contribution in [3.05, 3.63) is 59.1 Å². The second-order valence-corrected chi connectivity index (χ2v) is 5.22. The van der Waals surface area contributed by atoms with E-state index in [-0.39, 0.29) is 0 Å². The van der Waals surface area contributed by atoms with Crippen molar-refractivity contribution in [2.75, 3.05) is 5.32 Å². The molecule has 1 aromatic carbocycles. The van der Waals surface area contributed by atoms with Crippen molar-refractivity contribution in [3.63, 3.8) is 0 Å². The third kappa shape index (κ3) is 2.09. The predicted octanol–water partition coefficient (Wildman–Crippen LogP) is 4.22. The molecule has 0 unspecified atom stereocenters. The van der Waals surface area contributed by atoms with Gasteiger partial charge in [-0.05, 0) is 35.6 Å². The van der Waals surface area contributed by atoms with Crippen LogP contribution in [-0.2, 0) is 6.54 Å². The highest BCUT2D eigenvalue weighted by Gasteiger charge is 2.03. The number of thiophene rings is 1. The van der Waals surface area contributed by atoms with Crippen molar-refractivity contribution in [2.24, 2.45) is 0 Å². The smallest absolute Gasteiger partial charge is 0.134 e. The summed E-state index contributed by atoms with van der Waals surface area (Å²) in [6.07, 6.45) is 1.86. The minimum atomic E-state index is 0.814. The molecule has 0 saturated heterocycles. The summed E-state index contributed by atoms with van der Waals surface area (Å²) >= 11 is 1.75. The zero-order chi connectivity index (χ0) is 12.4. The molecule has 0 saturated carbocycles.